The molecule has 0 aliphatic carbocycles. The van der Waals surface area contributed by atoms with E-state index in [-0.39, 0.29) is 0 Å². The predicted octanol–water partition coefficient (Wildman–Crippen LogP) is 16.5. The lowest BCUT2D eigenvalue weighted by Crippen LogP contribution is -2.06. The third-order valence-electron chi connectivity index (χ3n) is 14.0. The minimum Gasteiger partial charge on any atom is -0.456 e. The molecule has 0 radical (unpaired) electrons. The van der Waals surface area contributed by atoms with Crippen LogP contribution in [0.15, 0.2) is 233 Å². The minimum absolute atomic E-state index is 0.510. The molecular formula is C63H37N5O2. The van der Waals surface area contributed by atoms with Gasteiger partial charge in [-0.15, -0.1) is 0 Å². The number of furan rings is 2. The van der Waals surface area contributed by atoms with Crippen LogP contribution in [-0.4, -0.2) is 24.1 Å². The maximum absolute atomic E-state index is 6.69. The first kappa shape index (κ1) is 38.5. The van der Waals surface area contributed by atoms with Crippen molar-refractivity contribution in [3.8, 4) is 56.7 Å². The van der Waals surface area contributed by atoms with E-state index >= 15 is 0 Å². The third kappa shape index (κ3) is 5.79. The largest absolute Gasteiger partial charge is 0.456 e. The van der Waals surface area contributed by atoms with Crippen LogP contribution in [-0.2, 0) is 0 Å². The minimum atomic E-state index is 0.510. The first-order valence-corrected chi connectivity index (χ1v) is 23.5. The zero-order valence-electron chi connectivity index (χ0n) is 37.4. The average molecular weight is 896 g/mol. The second kappa shape index (κ2) is 15.0. The maximum Gasteiger partial charge on any atom is 0.238 e. The molecule has 0 aliphatic heterocycles. The van der Waals surface area contributed by atoms with Gasteiger partial charge in [0.05, 0.1) is 22.1 Å². The van der Waals surface area contributed by atoms with Crippen molar-refractivity contribution < 1.29 is 8.83 Å². The number of nitrogens with zero attached hydrogens (tertiary/aromatic N) is 5. The van der Waals surface area contributed by atoms with Crippen LogP contribution in [0.1, 0.15) is 0 Å². The van der Waals surface area contributed by atoms with Gasteiger partial charge in [-0.1, -0.05) is 146 Å². The lowest BCUT2D eigenvalue weighted by Gasteiger charge is -2.12. The van der Waals surface area contributed by atoms with Gasteiger partial charge in [-0.05, 0) is 101 Å². The molecule has 326 valence electrons. The van der Waals surface area contributed by atoms with Crippen LogP contribution in [0, 0.1) is 0 Å². The number of benzene rings is 10. The molecule has 0 N–H and O–H groups in total. The van der Waals surface area contributed by atoms with Gasteiger partial charge in [0.2, 0.25) is 5.95 Å². The number of aromatic nitrogens is 5. The fraction of sp³-hybridized carbons (Fsp3) is 0. The molecule has 0 amide bonds. The Morgan fingerprint density at radius 1 is 0.286 bits per heavy atom. The van der Waals surface area contributed by atoms with Crippen LogP contribution in [0.4, 0.5) is 0 Å². The van der Waals surface area contributed by atoms with Crippen molar-refractivity contribution in [2.45, 2.75) is 0 Å². The topological polar surface area (TPSA) is 74.8 Å². The van der Waals surface area contributed by atoms with Crippen LogP contribution in [0.25, 0.3) is 144 Å². The van der Waals surface area contributed by atoms with E-state index in [0.29, 0.717) is 17.6 Å². The average Bonchev–Trinajstić information content (AvgIpc) is 4.18. The number of rotatable bonds is 6. The molecule has 7 nitrogen and oxygen atoms in total. The van der Waals surface area contributed by atoms with Crippen molar-refractivity contribution >= 4 is 87.5 Å². The van der Waals surface area contributed by atoms with E-state index < -0.39 is 0 Å². The molecule has 0 aliphatic rings. The van der Waals surface area contributed by atoms with Crippen LogP contribution >= 0.6 is 0 Å². The number of fused-ring (bicyclic) bond motifs is 12. The van der Waals surface area contributed by atoms with Crippen molar-refractivity contribution in [2.75, 3.05) is 0 Å². The van der Waals surface area contributed by atoms with Crippen molar-refractivity contribution in [3.63, 3.8) is 0 Å². The molecule has 10 aromatic carbocycles. The smallest absolute Gasteiger partial charge is 0.238 e. The molecule has 0 bridgehead atoms. The number of hydrogen-bond donors (Lipinski definition) is 0. The summed E-state index contributed by atoms with van der Waals surface area (Å²) in [6.07, 6.45) is 0. The zero-order valence-corrected chi connectivity index (χ0v) is 37.4. The van der Waals surface area contributed by atoms with Crippen molar-refractivity contribution in [1.82, 2.24) is 24.1 Å². The first-order chi connectivity index (χ1) is 34.7. The summed E-state index contributed by atoms with van der Waals surface area (Å²) >= 11 is 0. The van der Waals surface area contributed by atoms with Gasteiger partial charge in [-0.25, -0.2) is 4.98 Å². The van der Waals surface area contributed by atoms with Gasteiger partial charge in [0.25, 0.3) is 0 Å². The van der Waals surface area contributed by atoms with E-state index in [0.717, 1.165) is 116 Å². The summed E-state index contributed by atoms with van der Waals surface area (Å²) in [6, 6.07) is 78.6. The molecule has 5 aromatic heterocycles. The molecule has 70 heavy (non-hydrogen) atoms. The lowest BCUT2D eigenvalue weighted by atomic mass is 9.97. The Kier molecular flexibility index (Phi) is 8.23. The molecule has 0 saturated heterocycles. The Labute approximate surface area is 399 Å². The van der Waals surface area contributed by atoms with Crippen LogP contribution in [0.5, 0.6) is 0 Å². The van der Waals surface area contributed by atoms with E-state index in [4.69, 9.17) is 23.8 Å². The van der Waals surface area contributed by atoms with Gasteiger partial charge in [0.15, 0.2) is 11.6 Å². The summed E-state index contributed by atoms with van der Waals surface area (Å²) in [6.45, 7) is 0. The highest BCUT2D eigenvalue weighted by Gasteiger charge is 2.23. The number of hydrogen-bond acceptors (Lipinski definition) is 5. The van der Waals surface area contributed by atoms with E-state index in [9.17, 15) is 0 Å². The van der Waals surface area contributed by atoms with Crippen molar-refractivity contribution in [2.24, 2.45) is 0 Å². The predicted molar refractivity (Wildman–Crippen MR) is 285 cm³/mol. The Hall–Kier alpha value is -9.59. The summed E-state index contributed by atoms with van der Waals surface area (Å²) in [5.74, 6) is 1.57. The van der Waals surface area contributed by atoms with E-state index in [1.807, 2.05) is 36.4 Å². The highest BCUT2D eigenvalue weighted by Crippen LogP contribution is 2.43. The van der Waals surface area contributed by atoms with E-state index in [1.54, 1.807) is 0 Å². The molecular weight excluding hydrogens is 859 g/mol. The van der Waals surface area contributed by atoms with Crippen LogP contribution in [0.2, 0.25) is 0 Å². The SMILES string of the molecule is c1ccc(-c2ccc3c(c2)c2ccccc2n3-c2nc(-c3ccc4c(c3)oc3ccccc34)nc(-c3cccc4oc5ccc(-c6cccc7c6c6ccccc6n7-c6ccccc6)cc5c34)n2)cc1. The second-order valence-corrected chi connectivity index (χ2v) is 17.9. The molecule has 0 saturated carbocycles. The lowest BCUT2D eigenvalue weighted by molar-refractivity contribution is 0.668. The van der Waals surface area contributed by atoms with Crippen molar-refractivity contribution in [1.29, 1.82) is 0 Å². The van der Waals surface area contributed by atoms with Crippen LogP contribution < -0.4 is 0 Å². The molecule has 0 fully saturated rings. The molecule has 0 atom stereocenters. The summed E-state index contributed by atoms with van der Waals surface area (Å²) < 4.78 is 17.6. The number of para-hydroxylation sites is 4. The normalized spacial score (nSPS) is 12.0. The standard InChI is InChI=1S/C63H37N5O2/c1-3-15-38(16-4-1)39-30-33-53-49(35-39)44-19-7-10-24-51(44)68(53)63-65-61(41-29-32-46-45-20-9-12-27-55(45)70-58(46)37-41)64-62(66-63)48-23-14-28-57-60(48)50-36-40(31-34-56(50)69-57)43-22-13-26-54-59(43)47-21-8-11-25-52(47)67(54)42-17-5-2-6-18-42/h1-37H. The molecule has 7 heteroatoms. The first-order valence-electron chi connectivity index (χ1n) is 23.5. The van der Waals surface area contributed by atoms with Gasteiger partial charge < -0.3 is 13.4 Å². The molecule has 0 spiro atoms. The maximum atomic E-state index is 6.69. The third-order valence-corrected chi connectivity index (χ3v) is 14.0. The highest BCUT2D eigenvalue weighted by atomic mass is 16.3. The summed E-state index contributed by atoms with van der Waals surface area (Å²) in [5.41, 5.74) is 14.8. The Morgan fingerprint density at radius 3 is 1.76 bits per heavy atom. The fourth-order valence-electron chi connectivity index (χ4n) is 10.9. The molecule has 0 unspecified atom stereocenters. The Morgan fingerprint density at radius 2 is 0.886 bits per heavy atom. The van der Waals surface area contributed by atoms with Crippen molar-refractivity contribution in [3.05, 3.63) is 224 Å². The zero-order chi connectivity index (χ0) is 45.9. The summed E-state index contributed by atoms with van der Waals surface area (Å²) in [5, 5.41) is 8.63. The second-order valence-electron chi connectivity index (χ2n) is 17.9. The molecule has 15 rings (SSSR count). The van der Waals surface area contributed by atoms with Gasteiger partial charge in [0, 0.05) is 59.9 Å². The fourth-order valence-corrected chi connectivity index (χ4v) is 10.9. The van der Waals surface area contributed by atoms with Gasteiger partial charge in [-0.2, -0.15) is 9.97 Å². The van der Waals surface area contributed by atoms with E-state index in [2.05, 4.69) is 197 Å². The monoisotopic (exact) mass is 895 g/mol. The summed E-state index contributed by atoms with van der Waals surface area (Å²) in [4.78, 5) is 16.2. The molecule has 5 heterocycles. The van der Waals surface area contributed by atoms with Gasteiger partial charge in [-0.3, -0.25) is 4.57 Å². The summed E-state index contributed by atoms with van der Waals surface area (Å²) in [7, 11) is 0. The highest BCUT2D eigenvalue weighted by molar-refractivity contribution is 6.18. The molecule has 15 aromatic rings. The van der Waals surface area contributed by atoms with E-state index in [1.165, 1.54) is 10.8 Å². The Bertz CT molecular complexity index is 4600. The van der Waals surface area contributed by atoms with Crippen LogP contribution in [0.3, 0.4) is 0 Å². The van der Waals surface area contributed by atoms with Gasteiger partial charge >= 0.3 is 0 Å². The quantitative estimate of drug-likeness (QED) is 0.166. The van der Waals surface area contributed by atoms with Gasteiger partial charge in [0.1, 0.15) is 22.3 Å². The Balaban J connectivity index is 0.967.